The van der Waals surface area contributed by atoms with Crippen LogP contribution in [-0.2, 0) is 11.0 Å². The summed E-state index contributed by atoms with van der Waals surface area (Å²) in [5.74, 6) is -0.342. The number of hydrogen-bond donors (Lipinski definition) is 2. The van der Waals surface area contributed by atoms with Gasteiger partial charge in [0.25, 0.3) is 11.8 Å². The topological polar surface area (TPSA) is 97.0 Å². The van der Waals surface area contributed by atoms with E-state index >= 15 is 0 Å². The molecule has 2 aromatic rings. The van der Waals surface area contributed by atoms with Crippen LogP contribution in [0.3, 0.4) is 0 Å². The van der Waals surface area contributed by atoms with Gasteiger partial charge >= 0.3 is 6.18 Å². The second kappa shape index (κ2) is 11.1. The van der Waals surface area contributed by atoms with Gasteiger partial charge in [0.2, 0.25) is 12.7 Å². The molecule has 0 spiro atoms. The highest BCUT2D eigenvalue weighted by molar-refractivity contribution is 5.98. The molecule has 4 rings (SSSR count). The summed E-state index contributed by atoms with van der Waals surface area (Å²) < 4.78 is 49.1. The van der Waals surface area contributed by atoms with Crippen molar-refractivity contribution in [3.05, 3.63) is 59.2 Å². The number of halogens is 3. The number of ether oxygens (including phenoxy) is 2. The molecule has 0 aliphatic carbocycles. The summed E-state index contributed by atoms with van der Waals surface area (Å²) in [6.07, 6.45) is -2.86. The number of likely N-dealkylation sites (tertiary alicyclic amines) is 1. The van der Waals surface area contributed by atoms with Crippen LogP contribution in [0.2, 0.25) is 0 Å². The number of carbonyl (C=O) groups excluding carboxylic acids is 3. The first-order chi connectivity index (χ1) is 17.7. The van der Waals surface area contributed by atoms with Gasteiger partial charge in [-0.2, -0.15) is 13.2 Å². The van der Waals surface area contributed by atoms with E-state index in [9.17, 15) is 27.6 Å². The van der Waals surface area contributed by atoms with E-state index in [0.717, 1.165) is 18.6 Å². The lowest BCUT2D eigenvalue weighted by Crippen LogP contribution is -2.54. The molecule has 0 aromatic heterocycles. The van der Waals surface area contributed by atoms with Crippen LogP contribution in [0.4, 0.5) is 13.2 Å². The highest BCUT2D eigenvalue weighted by Crippen LogP contribution is 2.33. The van der Waals surface area contributed by atoms with Gasteiger partial charge in [0, 0.05) is 30.8 Å². The minimum atomic E-state index is -4.47. The first kappa shape index (κ1) is 26.3. The maximum absolute atomic E-state index is 13.0. The number of piperidine rings is 1. The van der Waals surface area contributed by atoms with Crippen molar-refractivity contribution in [2.24, 2.45) is 5.92 Å². The number of hydrogen-bond acceptors (Lipinski definition) is 5. The molecule has 2 heterocycles. The van der Waals surface area contributed by atoms with Crippen LogP contribution in [-0.4, -0.2) is 55.1 Å². The van der Waals surface area contributed by atoms with Crippen molar-refractivity contribution in [3.8, 4) is 11.5 Å². The second-order valence-corrected chi connectivity index (χ2v) is 9.01. The molecule has 0 unspecified atom stereocenters. The molecule has 2 aliphatic heterocycles. The molecule has 2 aromatic carbocycles. The van der Waals surface area contributed by atoms with E-state index in [1.165, 1.54) is 12.1 Å². The summed E-state index contributed by atoms with van der Waals surface area (Å²) in [6.45, 7) is 3.07. The molecule has 0 radical (unpaired) electrons. The third-order valence-corrected chi connectivity index (χ3v) is 6.51. The van der Waals surface area contributed by atoms with Gasteiger partial charge in [-0.3, -0.25) is 14.4 Å². The Hall–Kier alpha value is -3.76. The average molecular weight is 520 g/mol. The van der Waals surface area contributed by atoms with Gasteiger partial charge in [0.15, 0.2) is 11.5 Å². The molecule has 2 aliphatic rings. The summed E-state index contributed by atoms with van der Waals surface area (Å²) in [4.78, 5) is 40.4. The first-order valence-electron chi connectivity index (χ1n) is 12.1. The van der Waals surface area contributed by atoms with Crippen molar-refractivity contribution in [3.63, 3.8) is 0 Å². The van der Waals surface area contributed by atoms with E-state index in [1.807, 2.05) is 6.92 Å². The number of benzene rings is 2. The number of amides is 3. The number of carbonyl (C=O) groups is 3. The lowest BCUT2D eigenvalue weighted by atomic mass is 9.88. The molecular weight excluding hydrogens is 491 g/mol. The van der Waals surface area contributed by atoms with Crippen molar-refractivity contribution in [2.75, 3.05) is 26.4 Å². The normalized spacial score (nSPS) is 16.3. The largest absolute Gasteiger partial charge is 0.454 e. The Morgan fingerprint density at radius 3 is 2.30 bits per heavy atom. The van der Waals surface area contributed by atoms with Crippen LogP contribution < -0.4 is 20.1 Å². The van der Waals surface area contributed by atoms with E-state index in [4.69, 9.17) is 9.47 Å². The molecule has 37 heavy (non-hydrogen) atoms. The van der Waals surface area contributed by atoms with Crippen molar-refractivity contribution >= 4 is 17.7 Å². The fourth-order valence-corrected chi connectivity index (χ4v) is 4.44. The fourth-order valence-electron chi connectivity index (χ4n) is 4.44. The van der Waals surface area contributed by atoms with E-state index < -0.39 is 23.7 Å². The molecule has 3 amide bonds. The predicted octanol–water partition coefficient (Wildman–Crippen LogP) is 3.61. The van der Waals surface area contributed by atoms with Crippen molar-refractivity contribution in [1.82, 2.24) is 15.5 Å². The van der Waals surface area contributed by atoms with Crippen LogP contribution in [0.1, 0.15) is 52.5 Å². The van der Waals surface area contributed by atoms with Crippen LogP contribution >= 0.6 is 0 Å². The van der Waals surface area contributed by atoms with Crippen LogP contribution in [0, 0.1) is 5.92 Å². The molecule has 11 heteroatoms. The number of alkyl halides is 3. The van der Waals surface area contributed by atoms with Gasteiger partial charge < -0.3 is 25.0 Å². The number of nitrogens with zero attached hydrogens (tertiary/aromatic N) is 1. The van der Waals surface area contributed by atoms with Gasteiger partial charge in [-0.1, -0.05) is 6.92 Å². The highest BCUT2D eigenvalue weighted by Gasteiger charge is 2.35. The Morgan fingerprint density at radius 2 is 1.65 bits per heavy atom. The summed E-state index contributed by atoms with van der Waals surface area (Å²) in [6, 6.07) is 8.09. The Balaban J connectivity index is 1.41. The quantitative estimate of drug-likeness (QED) is 0.583. The third-order valence-electron chi connectivity index (χ3n) is 6.51. The zero-order valence-corrected chi connectivity index (χ0v) is 20.3. The van der Waals surface area contributed by atoms with E-state index in [2.05, 4.69) is 10.6 Å². The van der Waals surface area contributed by atoms with Gasteiger partial charge in [0.05, 0.1) is 5.56 Å². The standard InChI is InChI=1S/C26H28F3N3O5/c1-2-11-30-24(34)22(31-23(33)18-5-8-20-21(14-18)37-15-36-20)16-9-12-32(13-10-16)25(35)17-3-6-19(7-4-17)26(27,28)29/h3-8,14,16,22H,2,9-13,15H2,1H3,(H,30,34)(H,31,33)/t22-/m1/s1. The van der Waals surface area contributed by atoms with E-state index in [0.29, 0.717) is 49.5 Å². The van der Waals surface area contributed by atoms with E-state index in [-0.39, 0.29) is 30.1 Å². The van der Waals surface area contributed by atoms with Gasteiger partial charge in [0.1, 0.15) is 6.04 Å². The van der Waals surface area contributed by atoms with E-state index in [1.54, 1.807) is 23.1 Å². The molecule has 8 nitrogen and oxygen atoms in total. The Kier molecular flexibility index (Phi) is 7.89. The first-order valence-corrected chi connectivity index (χ1v) is 12.1. The number of nitrogens with one attached hydrogen (secondary N) is 2. The minimum absolute atomic E-state index is 0.0756. The summed E-state index contributed by atoms with van der Waals surface area (Å²) in [5.41, 5.74) is -0.325. The van der Waals surface area contributed by atoms with Gasteiger partial charge in [-0.25, -0.2) is 0 Å². The Bertz CT molecular complexity index is 1150. The smallest absolute Gasteiger partial charge is 0.416 e. The lowest BCUT2D eigenvalue weighted by molar-refractivity contribution is -0.137. The van der Waals surface area contributed by atoms with Crippen molar-refractivity contribution in [1.29, 1.82) is 0 Å². The molecule has 0 bridgehead atoms. The maximum Gasteiger partial charge on any atom is 0.416 e. The maximum atomic E-state index is 13.0. The monoisotopic (exact) mass is 519 g/mol. The lowest BCUT2D eigenvalue weighted by Gasteiger charge is -2.36. The zero-order chi connectivity index (χ0) is 26.6. The van der Waals surface area contributed by atoms with Crippen molar-refractivity contribution < 1.29 is 37.0 Å². The van der Waals surface area contributed by atoms with Crippen molar-refractivity contribution in [2.45, 2.75) is 38.4 Å². The summed E-state index contributed by atoms with van der Waals surface area (Å²) >= 11 is 0. The molecule has 1 fully saturated rings. The SMILES string of the molecule is CCCNC(=O)[C@H](NC(=O)c1ccc2c(c1)OCO2)C1CCN(C(=O)c2ccc(C(F)(F)F)cc2)CC1. The number of rotatable bonds is 7. The fraction of sp³-hybridized carbons (Fsp3) is 0.423. The summed E-state index contributed by atoms with van der Waals surface area (Å²) in [7, 11) is 0. The van der Waals surface area contributed by atoms with Crippen LogP contribution in [0.5, 0.6) is 11.5 Å². The molecule has 1 saturated heterocycles. The van der Waals surface area contributed by atoms with Gasteiger partial charge in [-0.15, -0.1) is 0 Å². The molecular formula is C26H28F3N3O5. The summed E-state index contributed by atoms with van der Waals surface area (Å²) in [5, 5.41) is 5.68. The molecule has 1 atom stereocenters. The highest BCUT2D eigenvalue weighted by atomic mass is 19.4. The Labute approximate surface area is 212 Å². The molecule has 2 N–H and O–H groups in total. The van der Waals surface area contributed by atoms with Crippen LogP contribution in [0.25, 0.3) is 0 Å². The third kappa shape index (κ3) is 6.15. The van der Waals surface area contributed by atoms with Crippen LogP contribution in [0.15, 0.2) is 42.5 Å². The molecule has 0 saturated carbocycles. The molecule has 198 valence electrons. The average Bonchev–Trinajstić information content (AvgIpc) is 3.37. The minimum Gasteiger partial charge on any atom is -0.454 e. The zero-order valence-electron chi connectivity index (χ0n) is 20.3. The van der Waals surface area contributed by atoms with Gasteiger partial charge in [-0.05, 0) is 67.6 Å². The number of fused-ring (bicyclic) bond motifs is 1. The predicted molar refractivity (Wildman–Crippen MR) is 127 cm³/mol. The Morgan fingerprint density at radius 1 is 1.00 bits per heavy atom. The second-order valence-electron chi connectivity index (χ2n) is 9.01.